The van der Waals surface area contributed by atoms with Gasteiger partial charge in [-0.2, -0.15) is 0 Å². The van der Waals surface area contributed by atoms with Crippen molar-refractivity contribution in [3.8, 4) is 0 Å². The first-order chi connectivity index (χ1) is 12.3. The summed E-state index contributed by atoms with van der Waals surface area (Å²) in [4.78, 5) is 5.76. The van der Waals surface area contributed by atoms with E-state index in [2.05, 4.69) is 46.3 Å². The van der Waals surface area contributed by atoms with Gasteiger partial charge in [0.15, 0.2) is 0 Å². The summed E-state index contributed by atoms with van der Waals surface area (Å²) >= 11 is 0. The van der Waals surface area contributed by atoms with E-state index < -0.39 is 0 Å². The molecule has 130 valence electrons. The second kappa shape index (κ2) is 7.42. The Morgan fingerprint density at radius 1 is 1.00 bits per heavy atom. The largest absolute Gasteiger partial charge is 0.392 e. The molecule has 1 saturated heterocycles. The van der Waals surface area contributed by atoms with E-state index in [1.807, 2.05) is 24.4 Å². The van der Waals surface area contributed by atoms with E-state index in [0.717, 1.165) is 38.9 Å². The molecule has 0 radical (unpaired) electrons. The molecule has 2 N–H and O–H groups in total. The van der Waals surface area contributed by atoms with Crippen molar-refractivity contribution in [3.63, 3.8) is 0 Å². The molecule has 0 amide bonds. The third-order valence-electron chi connectivity index (χ3n) is 5.49. The molecule has 25 heavy (non-hydrogen) atoms. The van der Waals surface area contributed by atoms with Crippen LogP contribution in [0, 0.1) is 5.92 Å². The smallest absolute Gasteiger partial charge is 0.0609 e. The van der Waals surface area contributed by atoms with Gasteiger partial charge in [-0.25, -0.2) is 0 Å². The number of fused-ring (bicyclic) bond motifs is 1. The monoisotopic (exact) mass is 334 g/mol. The molecule has 1 atom stereocenters. The predicted molar refractivity (Wildman–Crippen MR) is 102 cm³/mol. The first kappa shape index (κ1) is 16.4. The number of benzene rings is 2. The van der Waals surface area contributed by atoms with Crippen LogP contribution in [0.4, 0.5) is 0 Å². The maximum Gasteiger partial charge on any atom is 0.0609 e. The Hall–Kier alpha value is -2.10. The minimum atomic E-state index is -0.222. The van der Waals surface area contributed by atoms with E-state index in [-0.39, 0.29) is 6.10 Å². The lowest BCUT2D eigenvalue weighted by molar-refractivity contribution is 0.0576. The maximum absolute atomic E-state index is 10.6. The van der Waals surface area contributed by atoms with Gasteiger partial charge in [0.05, 0.1) is 6.10 Å². The summed E-state index contributed by atoms with van der Waals surface area (Å²) in [6, 6.07) is 19.1. The second-order valence-corrected chi connectivity index (χ2v) is 7.27. The average Bonchev–Trinajstić information content (AvgIpc) is 3.11. The lowest BCUT2D eigenvalue weighted by Gasteiger charge is -2.34. The molecule has 1 fully saturated rings. The Kier molecular flexibility index (Phi) is 4.86. The van der Waals surface area contributed by atoms with Gasteiger partial charge in [-0.3, -0.25) is 4.90 Å². The summed E-state index contributed by atoms with van der Waals surface area (Å²) < 4.78 is 0. The molecular weight excluding hydrogens is 308 g/mol. The third kappa shape index (κ3) is 3.94. The number of hydrogen-bond donors (Lipinski definition) is 2. The fourth-order valence-electron chi connectivity index (χ4n) is 3.98. The van der Waals surface area contributed by atoms with Crippen molar-refractivity contribution in [2.24, 2.45) is 5.92 Å². The molecule has 2 aromatic carbocycles. The molecule has 2 heterocycles. The van der Waals surface area contributed by atoms with Crippen LogP contribution < -0.4 is 0 Å². The number of likely N-dealkylation sites (tertiary alicyclic amines) is 1. The quantitative estimate of drug-likeness (QED) is 0.741. The summed E-state index contributed by atoms with van der Waals surface area (Å²) in [5.74, 6) is 0.420. The highest BCUT2D eigenvalue weighted by Gasteiger charge is 2.25. The molecule has 1 unspecified atom stereocenters. The van der Waals surface area contributed by atoms with Gasteiger partial charge in [-0.05, 0) is 73.0 Å². The Bertz CT molecular complexity index is 803. The zero-order valence-corrected chi connectivity index (χ0v) is 14.6. The Morgan fingerprint density at radius 3 is 2.60 bits per heavy atom. The topological polar surface area (TPSA) is 39.3 Å². The van der Waals surface area contributed by atoms with E-state index in [1.165, 1.54) is 22.0 Å². The zero-order valence-electron chi connectivity index (χ0n) is 14.6. The molecule has 0 bridgehead atoms. The molecule has 3 aromatic rings. The fourth-order valence-corrected chi connectivity index (χ4v) is 3.98. The number of aromatic amines is 1. The van der Waals surface area contributed by atoms with E-state index in [1.54, 1.807) is 0 Å². The first-order valence-corrected chi connectivity index (χ1v) is 9.28. The SMILES string of the molecule is OC(Cc1ccccc1)C1CCN(Cc2ccc3[nH]ccc3c2)CC1. The number of nitrogens with zero attached hydrogens (tertiary/aromatic N) is 1. The normalized spacial score (nSPS) is 17.8. The summed E-state index contributed by atoms with van der Waals surface area (Å²) in [5.41, 5.74) is 3.80. The van der Waals surface area contributed by atoms with Gasteiger partial charge in [-0.15, -0.1) is 0 Å². The van der Waals surface area contributed by atoms with Crippen LogP contribution in [0.3, 0.4) is 0 Å². The highest BCUT2D eigenvalue weighted by molar-refractivity contribution is 5.79. The fraction of sp³-hybridized carbons (Fsp3) is 0.364. The van der Waals surface area contributed by atoms with Crippen molar-refractivity contribution >= 4 is 10.9 Å². The lowest BCUT2D eigenvalue weighted by Crippen LogP contribution is -2.38. The number of nitrogens with one attached hydrogen (secondary N) is 1. The molecule has 0 spiro atoms. The number of H-pyrrole nitrogens is 1. The van der Waals surface area contributed by atoms with Crippen LogP contribution in [0.5, 0.6) is 0 Å². The van der Waals surface area contributed by atoms with Crippen molar-refractivity contribution in [3.05, 3.63) is 71.9 Å². The Morgan fingerprint density at radius 2 is 1.80 bits per heavy atom. The van der Waals surface area contributed by atoms with Crippen molar-refractivity contribution in [1.29, 1.82) is 0 Å². The number of piperidine rings is 1. The van der Waals surface area contributed by atoms with Crippen molar-refractivity contribution < 1.29 is 5.11 Å². The highest BCUT2D eigenvalue weighted by atomic mass is 16.3. The van der Waals surface area contributed by atoms with Gasteiger partial charge in [-0.1, -0.05) is 36.4 Å². The molecular formula is C22H26N2O. The Labute approximate surface area is 149 Å². The Balaban J connectivity index is 1.30. The summed E-state index contributed by atoms with van der Waals surface area (Å²) in [5, 5.41) is 11.9. The molecule has 0 saturated carbocycles. The lowest BCUT2D eigenvalue weighted by atomic mass is 9.88. The third-order valence-corrected chi connectivity index (χ3v) is 5.49. The number of hydrogen-bond acceptors (Lipinski definition) is 2. The molecule has 4 rings (SSSR count). The van der Waals surface area contributed by atoms with Gasteiger partial charge in [0.1, 0.15) is 0 Å². The predicted octanol–water partition coefficient (Wildman–Crippen LogP) is 3.98. The number of aromatic nitrogens is 1. The number of aliphatic hydroxyl groups excluding tert-OH is 1. The summed E-state index contributed by atoms with van der Waals surface area (Å²) in [7, 11) is 0. The molecule has 1 aliphatic rings. The van der Waals surface area contributed by atoms with Crippen LogP contribution in [-0.4, -0.2) is 34.2 Å². The van der Waals surface area contributed by atoms with Crippen LogP contribution >= 0.6 is 0 Å². The van der Waals surface area contributed by atoms with Gasteiger partial charge in [0.2, 0.25) is 0 Å². The zero-order chi connectivity index (χ0) is 17.1. The highest BCUT2D eigenvalue weighted by Crippen LogP contribution is 2.25. The van der Waals surface area contributed by atoms with Crippen molar-refractivity contribution in [1.82, 2.24) is 9.88 Å². The average molecular weight is 334 g/mol. The van der Waals surface area contributed by atoms with E-state index >= 15 is 0 Å². The van der Waals surface area contributed by atoms with Crippen LogP contribution in [0.1, 0.15) is 24.0 Å². The van der Waals surface area contributed by atoms with Crippen molar-refractivity contribution in [2.45, 2.75) is 31.9 Å². The van der Waals surface area contributed by atoms with Gasteiger partial charge in [0.25, 0.3) is 0 Å². The minimum Gasteiger partial charge on any atom is -0.392 e. The number of aliphatic hydroxyl groups is 1. The summed E-state index contributed by atoms with van der Waals surface area (Å²) in [6.45, 7) is 3.14. The molecule has 1 aliphatic heterocycles. The van der Waals surface area contributed by atoms with Crippen LogP contribution in [0.15, 0.2) is 60.8 Å². The maximum atomic E-state index is 10.6. The molecule has 3 heteroatoms. The van der Waals surface area contributed by atoms with E-state index in [4.69, 9.17) is 0 Å². The second-order valence-electron chi connectivity index (χ2n) is 7.27. The summed E-state index contributed by atoms with van der Waals surface area (Å²) in [6.07, 6.45) is 4.71. The van der Waals surface area contributed by atoms with Crippen LogP contribution in [0.2, 0.25) is 0 Å². The first-order valence-electron chi connectivity index (χ1n) is 9.28. The van der Waals surface area contributed by atoms with E-state index in [0.29, 0.717) is 5.92 Å². The van der Waals surface area contributed by atoms with Gasteiger partial charge < -0.3 is 10.1 Å². The van der Waals surface area contributed by atoms with Gasteiger partial charge >= 0.3 is 0 Å². The van der Waals surface area contributed by atoms with Crippen LogP contribution in [0.25, 0.3) is 10.9 Å². The number of rotatable bonds is 5. The van der Waals surface area contributed by atoms with E-state index in [9.17, 15) is 5.11 Å². The van der Waals surface area contributed by atoms with Crippen molar-refractivity contribution in [2.75, 3.05) is 13.1 Å². The molecule has 0 aliphatic carbocycles. The molecule has 1 aromatic heterocycles. The van der Waals surface area contributed by atoms with Crippen LogP contribution in [-0.2, 0) is 13.0 Å². The van der Waals surface area contributed by atoms with Gasteiger partial charge in [0, 0.05) is 18.3 Å². The standard InChI is InChI=1S/C22H26N2O/c25-22(15-17-4-2-1-3-5-17)19-9-12-24(13-10-19)16-18-6-7-21-20(14-18)8-11-23-21/h1-8,11,14,19,22-23,25H,9-10,12-13,15-16H2. The molecule has 3 nitrogen and oxygen atoms in total. The minimum absolute atomic E-state index is 0.222.